The van der Waals surface area contributed by atoms with Gasteiger partial charge in [0.2, 0.25) is 0 Å². The fourth-order valence-electron chi connectivity index (χ4n) is 3.73. The number of nitrogens with zero attached hydrogens (tertiary/aromatic N) is 2. The Balaban J connectivity index is 1.62. The number of carbonyl (C=O) groups is 3. The third-order valence-corrected chi connectivity index (χ3v) is 5.09. The van der Waals surface area contributed by atoms with Gasteiger partial charge in [-0.2, -0.15) is 0 Å². The Labute approximate surface area is 154 Å². The van der Waals surface area contributed by atoms with Crippen molar-refractivity contribution >= 4 is 17.9 Å². The lowest BCUT2D eigenvalue weighted by Gasteiger charge is -2.37. The molecule has 6 heteroatoms. The van der Waals surface area contributed by atoms with Crippen LogP contribution in [0.1, 0.15) is 67.2 Å². The van der Waals surface area contributed by atoms with E-state index in [0.717, 1.165) is 12.8 Å². The van der Waals surface area contributed by atoms with Gasteiger partial charge in [0, 0.05) is 19.1 Å². The largest absolute Gasteiger partial charge is 0.444 e. The minimum absolute atomic E-state index is 0.0660. The molecule has 0 bridgehead atoms. The summed E-state index contributed by atoms with van der Waals surface area (Å²) in [6, 6.07) is 6.93. The lowest BCUT2D eigenvalue weighted by molar-refractivity contribution is 0.0148. The van der Waals surface area contributed by atoms with Crippen LogP contribution in [0.25, 0.3) is 0 Å². The highest BCUT2D eigenvalue weighted by Gasteiger charge is 2.41. The number of ether oxygens (including phenoxy) is 1. The van der Waals surface area contributed by atoms with Crippen LogP contribution in [0, 0.1) is 0 Å². The summed E-state index contributed by atoms with van der Waals surface area (Å²) in [4.78, 5) is 40.5. The molecule has 0 radical (unpaired) electrons. The lowest BCUT2D eigenvalue weighted by atomic mass is 9.89. The topological polar surface area (TPSA) is 66.9 Å². The molecule has 1 aliphatic heterocycles. The van der Waals surface area contributed by atoms with Gasteiger partial charge in [0.25, 0.3) is 11.8 Å². The van der Waals surface area contributed by atoms with E-state index >= 15 is 0 Å². The molecule has 0 unspecified atom stereocenters. The number of rotatable bonds is 2. The van der Waals surface area contributed by atoms with Crippen LogP contribution >= 0.6 is 0 Å². The van der Waals surface area contributed by atoms with Crippen molar-refractivity contribution < 1.29 is 19.1 Å². The molecule has 0 aromatic heterocycles. The van der Waals surface area contributed by atoms with E-state index in [4.69, 9.17) is 4.74 Å². The summed E-state index contributed by atoms with van der Waals surface area (Å²) in [5.74, 6) is -0.399. The average Bonchev–Trinajstić information content (AvgIpc) is 2.84. The van der Waals surface area contributed by atoms with Crippen molar-refractivity contribution in [2.45, 2.75) is 64.1 Å². The molecule has 26 heavy (non-hydrogen) atoms. The fraction of sp³-hybridized carbons (Fsp3) is 0.550. The molecule has 0 N–H and O–H groups in total. The highest BCUT2D eigenvalue weighted by molar-refractivity contribution is 6.21. The standard InChI is InChI=1S/C20H26N2O4/c1-20(2,3)26-19(25)21(4)13-9-11-14(12-10-13)22-17(23)15-7-5-6-8-16(15)18(22)24/h5-8,13-14H,9-12H2,1-4H3/t13-,14-. The Morgan fingerprint density at radius 2 is 1.54 bits per heavy atom. The molecule has 1 aromatic carbocycles. The van der Waals surface area contributed by atoms with Crippen LogP contribution in [0.2, 0.25) is 0 Å². The van der Waals surface area contributed by atoms with E-state index < -0.39 is 5.60 Å². The van der Waals surface area contributed by atoms with Crippen LogP contribution in [0.15, 0.2) is 24.3 Å². The Kier molecular flexibility index (Phi) is 4.78. The summed E-state index contributed by atoms with van der Waals surface area (Å²) in [5.41, 5.74) is 0.457. The van der Waals surface area contributed by atoms with Crippen LogP contribution in [0.3, 0.4) is 0 Å². The average molecular weight is 358 g/mol. The smallest absolute Gasteiger partial charge is 0.410 e. The van der Waals surface area contributed by atoms with E-state index in [9.17, 15) is 14.4 Å². The summed E-state index contributed by atoms with van der Waals surface area (Å²) >= 11 is 0. The van der Waals surface area contributed by atoms with Gasteiger partial charge in [0.05, 0.1) is 11.1 Å². The van der Waals surface area contributed by atoms with Gasteiger partial charge in [0.15, 0.2) is 0 Å². The number of hydrogen-bond donors (Lipinski definition) is 0. The zero-order valence-corrected chi connectivity index (χ0v) is 15.8. The van der Waals surface area contributed by atoms with Crippen molar-refractivity contribution in [3.05, 3.63) is 35.4 Å². The fourth-order valence-corrected chi connectivity index (χ4v) is 3.73. The molecular weight excluding hydrogens is 332 g/mol. The van der Waals surface area contributed by atoms with E-state index in [1.54, 1.807) is 36.2 Å². The molecule has 3 rings (SSSR count). The van der Waals surface area contributed by atoms with Crippen molar-refractivity contribution in [3.8, 4) is 0 Å². The Bertz CT molecular complexity index is 695. The van der Waals surface area contributed by atoms with Crippen molar-refractivity contribution in [2.24, 2.45) is 0 Å². The molecule has 140 valence electrons. The van der Waals surface area contributed by atoms with Crippen LogP contribution in [-0.4, -0.2) is 52.4 Å². The van der Waals surface area contributed by atoms with E-state index in [1.165, 1.54) is 4.90 Å². The maximum atomic E-state index is 12.6. The second kappa shape index (κ2) is 6.74. The SMILES string of the molecule is CN(C(=O)OC(C)(C)C)[C@H]1CC[C@H](N2C(=O)c3ccccc3C2=O)CC1. The molecule has 2 aliphatic rings. The summed E-state index contributed by atoms with van der Waals surface area (Å²) in [6.45, 7) is 5.54. The molecule has 0 atom stereocenters. The van der Waals surface area contributed by atoms with Crippen LogP contribution in [-0.2, 0) is 4.74 Å². The van der Waals surface area contributed by atoms with Gasteiger partial charge in [-0.15, -0.1) is 0 Å². The quantitative estimate of drug-likeness (QED) is 0.760. The first-order chi connectivity index (χ1) is 12.2. The van der Waals surface area contributed by atoms with Gasteiger partial charge in [-0.25, -0.2) is 4.79 Å². The maximum Gasteiger partial charge on any atom is 0.410 e. The monoisotopic (exact) mass is 358 g/mol. The maximum absolute atomic E-state index is 12.6. The molecular formula is C20H26N2O4. The Hall–Kier alpha value is -2.37. The zero-order chi connectivity index (χ0) is 19.1. The van der Waals surface area contributed by atoms with Gasteiger partial charge >= 0.3 is 6.09 Å². The van der Waals surface area contributed by atoms with Crippen molar-refractivity contribution in [2.75, 3.05) is 7.05 Å². The molecule has 0 spiro atoms. The highest BCUT2D eigenvalue weighted by atomic mass is 16.6. The third kappa shape index (κ3) is 3.45. The number of imide groups is 1. The van der Waals surface area contributed by atoms with Crippen LogP contribution in [0.5, 0.6) is 0 Å². The van der Waals surface area contributed by atoms with E-state index in [1.807, 2.05) is 20.8 Å². The summed E-state index contributed by atoms with van der Waals surface area (Å²) in [6.07, 6.45) is 2.55. The van der Waals surface area contributed by atoms with E-state index in [-0.39, 0.29) is 30.0 Å². The van der Waals surface area contributed by atoms with Crippen LogP contribution in [0.4, 0.5) is 4.79 Å². The first-order valence-electron chi connectivity index (χ1n) is 9.12. The first-order valence-corrected chi connectivity index (χ1v) is 9.12. The summed E-state index contributed by atoms with van der Waals surface area (Å²) in [7, 11) is 1.75. The molecule has 0 saturated heterocycles. The van der Waals surface area contributed by atoms with Crippen molar-refractivity contribution in [3.63, 3.8) is 0 Å². The molecule has 3 amide bonds. The number of amides is 3. The van der Waals surface area contributed by atoms with Gasteiger partial charge in [-0.3, -0.25) is 14.5 Å². The summed E-state index contributed by atoms with van der Waals surface area (Å²) in [5, 5.41) is 0. The van der Waals surface area contributed by atoms with Crippen LogP contribution < -0.4 is 0 Å². The number of fused-ring (bicyclic) bond motifs is 1. The predicted molar refractivity (Wildman–Crippen MR) is 97.0 cm³/mol. The molecule has 1 aromatic rings. The molecule has 6 nitrogen and oxygen atoms in total. The first kappa shape index (κ1) is 18.4. The number of benzene rings is 1. The number of hydrogen-bond acceptors (Lipinski definition) is 4. The van der Waals surface area contributed by atoms with Gasteiger partial charge in [-0.1, -0.05) is 12.1 Å². The number of carbonyl (C=O) groups excluding carboxylic acids is 3. The molecule has 1 heterocycles. The van der Waals surface area contributed by atoms with Gasteiger partial charge in [-0.05, 0) is 58.6 Å². The van der Waals surface area contributed by atoms with E-state index in [2.05, 4.69) is 0 Å². The van der Waals surface area contributed by atoms with Crippen molar-refractivity contribution in [1.29, 1.82) is 0 Å². The second-order valence-corrected chi connectivity index (χ2v) is 8.08. The summed E-state index contributed by atoms with van der Waals surface area (Å²) < 4.78 is 5.42. The van der Waals surface area contributed by atoms with E-state index in [0.29, 0.717) is 24.0 Å². The molecule has 1 aliphatic carbocycles. The van der Waals surface area contributed by atoms with Gasteiger partial charge in [0.1, 0.15) is 5.60 Å². The minimum Gasteiger partial charge on any atom is -0.444 e. The zero-order valence-electron chi connectivity index (χ0n) is 15.8. The predicted octanol–water partition coefficient (Wildman–Crippen LogP) is 3.46. The minimum atomic E-state index is -0.525. The molecule has 1 fully saturated rings. The third-order valence-electron chi connectivity index (χ3n) is 5.09. The van der Waals surface area contributed by atoms with Crippen molar-refractivity contribution in [1.82, 2.24) is 9.80 Å². The second-order valence-electron chi connectivity index (χ2n) is 8.08. The Morgan fingerprint density at radius 1 is 1.04 bits per heavy atom. The molecule has 1 saturated carbocycles. The van der Waals surface area contributed by atoms with Gasteiger partial charge < -0.3 is 9.64 Å². The Morgan fingerprint density at radius 3 is 2.00 bits per heavy atom. The normalized spacial score (nSPS) is 23.0. The lowest BCUT2D eigenvalue weighted by Crippen LogP contribution is -2.47. The highest BCUT2D eigenvalue weighted by Crippen LogP contribution is 2.32.